The number of carbonyl (C=O) groups is 2. The third-order valence-electron chi connectivity index (χ3n) is 3.93. The first-order valence-electron chi connectivity index (χ1n) is 8.74. The monoisotopic (exact) mass is 451 g/mol. The van der Waals surface area contributed by atoms with Crippen molar-refractivity contribution in [2.45, 2.75) is 16.5 Å². The first-order chi connectivity index (χ1) is 14.3. The summed E-state index contributed by atoms with van der Waals surface area (Å²) in [5, 5.41) is 5.87. The number of hydrogen-bond donors (Lipinski definition) is 2. The molecule has 2 amide bonds. The van der Waals surface area contributed by atoms with E-state index in [2.05, 4.69) is 15.6 Å². The molecule has 0 bridgehead atoms. The Balaban J connectivity index is 1.51. The summed E-state index contributed by atoms with van der Waals surface area (Å²) in [6.45, 7) is 1.21. The lowest BCUT2D eigenvalue weighted by molar-refractivity contribution is -0.123. The second kappa shape index (κ2) is 9.77. The first kappa shape index (κ1) is 21.8. The molecule has 10 heteroatoms. The van der Waals surface area contributed by atoms with E-state index in [1.165, 1.54) is 23.1 Å². The predicted octanol–water partition coefficient (Wildman–Crippen LogP) is 4.46. The lowest BCUT2D eigenvalue weighted by atomic mass is 10.2. The van der Waals surface area contributed by atoms with Crippen molar-refractivity contribution in [2.24, 2.45) is 0 Å². The second-order valence-corrected chi connectivity index (χ2v) is 8.56. The molecule has 0 spiro atoms. The Morgan fingerprint density at radius 3 is 2.57 bits per heavy atom. The molecule has 3 rings (SSSR count). The van der Waals surface area contributed by atoms with E-state index in [1.807, 2.05) is 35.7 Å². The molecule has 0 aliphatic rings. The summed E-state index contributed by atoms with van der Waals surface area (Å²) in [4.78, 5) is 28.6. The van der Waals surface area contributed by atoms with Crippen molar-refractivity contribution >= 4 is 40.6 Å². The van der Waals surface area contributed by atoms with Crippen LogP contribution in [0.2, 0.25) is 0 Å². The van der Waals surface area contributed by atoms with Gasteiger partial charge in [-0.15, -0.1) is 11.3 Å². The van der Waals surface area contributed by atoms with Gasteiger partial charge in [-0.05, 0) is 19.1 Å². The van der Waals surface area contributed by atoms with E-state index in [0.29, 0.717) is 10.4 Å². The van der Waals surface area contributed by atoms with Crippen LogP contribution in [-0.2, 0) is 9.59 Å². The average Bonchev–Trinajstić information content (AvgIpc) is 3.21. The van der Waals surface area contributed by atoms with Crippen molar-refractivity contribution in [2.75, 3.05) is 11.9 Å². The van der Waals surface area contributed by atoms with Crippen LogP contribution in [0.4, 0.5) is 18.9 Å². The van der Waals surface area contributed by atoms with Gasteiger partial charge in [0.15, 0.2) is 21.8 Å². The molecule has 0 fully saturated rings. The molecular weight excluding hydrogens is 435 g/mol. The zero-order valence-electron chi connectivity index (χ0n) is 15.6. The van der Waals surface area contributed by atoms with Gasteiger partial charge in [-0.2, -0.15) is 0 Å². The molecule has 156 valence electrons. The van der Waals surface area contributed by atoms with E-state index < -0.39 is 46.7 Å². The predicted molar refractivity (Wildman–Crippen MR) is 111 cm³/mol. The lowest BCUT2D eigenvalue weighted by Crippen LogP contribution is -2.37. The highest BCUT2D eigenvalue weighted by atomic mass is 32.2. The van der Waals surface area contributed by atoms with Gasteiger partial charge in [0, 0.05) is 10.9 Å². The number of carbonyl (C=O) groups excluding carboxylic acids is 2. The van der Waals surface area contributed by atoms with Gasteiger partial charge in [-0.3, -0.25) is 9.59 Å². The largest absolute Gasteiger partial charge is 0.346 e. The Kier molecular flexibility index (Phi) is 7.11. The van der Waals surface area contributed by atoms with Crippen molar-refractivity contribution in [1.82, 2.24) is 10.3 Å². The number of thioether (sulfide) groups is 1. The molecule has 1 aromatic heterocycles. The fraction of sp³-hybridized carbons (Fsp3) is 0.150. The third-order valence-corrected chi connectivity index (χ3v) is 6.00. The van der Waals surface area contributed by atoms with Gasteiger partial charge in [0.1, 0.15) is 0 Å². The van der Waals surface area contributed by atoms with Gasteiger partial charge in [0.05, 0.1) is 23.2 Å². The summed E-state index contributed by atoms with van der Waals surface area (Å²) in [5.41, 5.74) is 1.27. The standard InChI is InChI=1S/C20H16F3N3O2S2/c1-11(30-20-26-15(10-29-20)12-5-3-2-4-6-12)19(28)24-9-16(27)25-14-8-7-13(21)17(22)18(14)23/h2-8,10-11H,9H2,1H3,(H,24,28)(H,25,27)/t11-/m0/s1. The minimum absolute atomic E-state index is 0.419. The number of nitrogens with zero attached hydrogens (tertiary/aromatic N) is 1. The molecule has 0 saturated heterocycles. The highest BCUT2D eigenvalue weighted by Gasteiger charge is 2.19. The summed E-state index contributed by atoms with van der Waals surface area (Å²) in [7, 11) is 0. The highest BCUT2D eigenvalue weighted by Crippen LogP contribution is 2.30. The number of hydrogen-bond acceptors (Lipinski definition) is 5. The zero-order valence-corrected chi connectivity index (χ0v) is 17.3. The van der Waals surface area contributed by atoms with Crippen LogP contribution in [0.1, 0.15) is 6.92 Å². The fourth-order valence-electron chi connectivity index (χ4n) is 2.39. The Labute approximate surface area is 178 Å². The van der Waals surface area contributed by atoms with Gasteiger partial charge in [-0.1, -0.05) is 42.1 Å². The normalized spacial score (nSPS) is 11.7. The van der Waals surface area contributed by atoms with Crippen LogP contribution in [-0.4, -0.2) is 28.6 Å². The maximum atomic E-state index is 13.6. The molecule has 1 atom stereocenters. The number of anilines is 1. The lowest BCUT2D eigenvalue weighted by Gasteiger charge is -2.11. The molecular formula is C20H16F3N3O2S2. The number of benzene rings is 2. The van der Waals surface area contributed by atoms with Crippen LogP contribution in [0.3, 0.4) is 0 Å². The van der Waals surface area contributed by atoms with Crippen LogP contribution in [0.15, 0.2) is 52.2 Å². The third kappa shape index (κ3) is 5.39. The minimum Gasteiger partial charge on any atom is -0.346 e. The summed E-state index contributed by atoms with van der Waals surface area (Å²) in [6.07, 6.45) is 0. The van der Waals surface area contributed by atoms with Gasteiger partial charge in [0.25, 0.3) is 0 Å². The number of amides is 2. The van der Waals surface area contributed by atoms with Crippen molar-refractivity contribution in [3.05, 3.63) is 65.3 Å². The van der Waals surface area contributed by atoms with E-state index in [4.69, 9.17) is 0 Å². The fourth-order valence-corrected chi connectivity index (χ4v) is 4.38. The number of halogens is 3. The Hall–Kier alpha value is -2.85. The SMILES string of the molecule is C[C@H](Sc1nc(-c2ccccc2)cs1)C(=O)NCC(=O)Nc1ccc(F)c(F)c1F. The van der Waals surface area contributed by atoms with Crippen LogP contribution >= 0.6 is 23.1 Å². The quantitative estimate of drug-likeness (QED) is 0.411. The van der Waals surface area contributed by atoms with E-state index in [1.54, 1.807) is 6.92 Å². The summed E-state index contributed by atoms with van der Waals surface area (Å²) in [6, 6.07) is 11.2. The second-order valence-electron chi connectivity index (χ2n) is 6.11. The Morgan fingerprint density at radius 2 is 1.83 bits per heavy atom. The topological polar surface area (TPSA) is 71.1 Å². The van der Waals surface area contributed by atoms with Gasteiger partial charge >= 0.3 is 0 Å². The molecule has 0 unspecified atom stereocenters. The van der Waals surface area contributed by atoms with Crippen LogP contribution in [0.5, 0.6) is 0 Å². The van der Waals surface area contributed by atoms with Crippen LogP contribution < -0.4 is 10.6 Å². The van der Waals surface area contributed by atoms with E-state index in [-0.39, 0.29) is 0 Å². The molecule has 30 heavy (non-hydrogen) atoms. The number of nitrogens with one attached hydrogen (secondary N) is 2. The average molecular weight is 451 g/mol. The van der Waals surface area contributed by atoms with Gasteiger partial charge < -0.3 is 10.6 Å². The van der Waals surface area contributed by atoms with Crippen molar-refractivity contribution in [3.8, 4) is 11.3 Å². The minimum atomic E-state index is -1.68. The maximum absolute atomic E-state index is 13.6. The van der Waals surface area contributed by atoms with Crippen molar-refractivity contribution in [1.29, 1.82) is 0 Å². The molecule has 0 aliphatic carbocycles. The zero-order chi connectivity index (χ0) is 21.7. The molecule has 2 N–H and O–H groups in total. The smallest absolute Gasteiger partial charge is 0.243 e. The molecule has 0 radical (unpaired) electrons. The molecule has 0 saturated carbocycles. The van der Waals surface area contributed by atoms with Crippen LogP contribution in [0, 0.1) is 17.5 Å². The summed E-state index contributed by atoms with van der Waals surface area (Å²) in [5.74, 6) is -5.73. The first-order valence-corrected chi connectivity index (χ1v) is 10.5. The summed E-state index contributed by atoms with van der Waals surface area (Å²) < 4.78 is 40.4. The molecule has 5 nitrogen and oxygen atoms in total. The number of thiazole rings is 1. The molecule has 2 aromatic carbocycles. The Bertz CT molecular complexity index is 1060. The molecule has 0 aliphatic heterocycles. The van der Waals surface area contributed by atoms with E-state index >= 15 is 0 Å². The number of aromatic nitrogens is 1. The molecule has 3 aromatic rings. The number of rotatable bonds is 7. The van der Waals surface area contributed by atoms with E-state index in [9.17, 15) is 22.8 Å². The summed E-state index contributed by atoms with van der Waals surface area (Å²) >= 11 is 2.65. The molecule has 1 heterocycles. The van der Waals surface area contributed by atoms with Crippen LogP contribution in [0.25, 0.3) is 11.3 Å². The van der Waals surface area contributed by atoms with E-state index in [0.717, 1.165) is 17.3 Å². The van der Waals surface area contributed by atoms with Crippen molar-refractivity contribution < 1.29 is 22.8 Å². The maximum Gasteiger partial charge on any atom is 0.243 e. The van der Waals surface area contributed by atoms with Crippen molar-refractivity contribution in [3.63, 3.8) is 0 Å². The Morgan fingerprint density at radius 1 is 1.10 bits per heavy atom. The van der Waals surface area contributed by atoms with Gasteiger partial charge in [0.2, 0.25) is 11.8 Å². The highest BCUT2D eigenvalue weighted by molar-refractivity contribution is 8.02. The van der Waals surface area contributed by atoms with Gasteiger partial charge in [-0.25, -0.2) is 18.2 Å².